The Kier molecular flexibility index (Phi) is 8.09. The molecule has 0 radical (unpaired) electrons. The molecule has 0 rings (SSSR count). The van der Waals surface area contributed by atoms with Crippen molar-refractivity contribution in [3.63, 3.8) is 0 Å². The Morgan fingerprint density at radius 1 is 1.35 bits per heavy atom. The standard InChI is InChI=1S/C10H21ClNO4P/c1-8(2)15-17(14,16-9(3)4)10(11)7-12-5-6-13/h7-9,12-13H,5-6H2,1-4H3/b10-7-. The second-order valence-electron chi connectivity index (χ2n) is 3.95. The highest BCUT2D eigenvalue weighted by Crippen LogP contribution is 2.59. The van der Waals surface area contributed by atoms with Gasteiger partial charge in [0, 0.05) is 12.7 Å². The van der Waals surface area contributed by atoms with Crippen LogP contribution in [0, 0.1) is 0 Å². The molecule has 0 aromatic heterocycles. The summed E-state index contributed by atoms with van der Waals surface area (Å²) in [5.74, 6) is 0. The second-order valence-corrected chi connectivity index (χ2v) is 6.52. The number of nitrogens with one attached hydrogen (secondary N) is 1. The van der Waals surface area contributed by atoms with Crippen LogP contribution in [-0.2, 0) is 13.6 Å². The van der Waals surface area contributed by atoms with Crippen molar-refractivity contribution in [2.75, 3.05) is 13.2 Å². The molecule has 2 N–H and O–H groups in total. The van der Waals surface area contributed by atoms with Crippen LogP contribution in [0.5, 0.6) is 0 Å². The minimum absolute atomic E-state index is 0.0200. The van der Waals surface area contributed by atoms with Gasteiger partial charge in [0.05, 0.1) is 18.8 Å². The number of hydrogen-bond acceptors (Lipinski definition) is 5. The Hall–Kier alpha value is -0.0600. The van der Waals surface area contributed by atoms with Crippen molar-refractivity contribution in [1.29, 1.82) is 0 Å². The van der Waals surface area contributed by atoms with Crippen molar-refractivity contribution in [2.24, 2.45) is 0 Å². The molecule has 0 saturated heterocycles. The van der Waals surface area contributed by atoms with E-state index in [4.69, 9.17) is 25.8 Å². The Labute approximate surface area is 108 Å². The van der Waals surface area contributed by atoms with Gasteiger partial charge in [-0.25, -0.2) is 0 Å². The van der Waals surface area contributed by atoms with Gasteiger partial charge in [0.25, 0.3) is 0 Å². The van der Waals surface area contributed by atoms with Crippen molar-refractivity contribution >= 4 is 19.2 Å². The topological polar surface area (TPSA) is 67.8 Å². The lowest BCUT2D eigenvalue weighted by molar-refractivity contribution is 0.148. The van der Waals surface area contributed by atoms with Gasteiger partial charge >= 0.3 is 7.60 Å². The van der Waals surface area contributed by atoms with E-state index in [1.807, 2.05) is 0 Å². The van der Waals surface area contributed by atoms with E-state index in [2.05, 4.69) is 5.32 Å². The number of rotatable bonds is 8. The van der Waals surface area contributed by atoms with Crippen molar-refractivity contribution < 1.29 is 18.7 Å². The average molecular weight is 286 g/mol. The summed E-state index contributed by atoms with van der Waals surface area (Å²) >= 11 is 5.92. The minimum atomic E-state index is -3.48. The van der Waals surface area contributed by atoms with E-state index in [0.717, 1.165) is 0 Å². The van der Waals surface area contributed by atoms with Gasteiger partial charge in [-0.2, -0.15) is 0 Å². The van der Waals surface area contributed by atoms with Crippen LogP contribution in [0.15, 0.2) is 11.0 Å². The number of halogens is 1. The molecule has 17 heavy (non-hydrogen) atoms. The molecule has 0 amide bonds. The largest absolute Gasteiger partial charge is 0.395 e. The highest BCUT2D eigenvalue weighted by Gasteiger charge is 2.31. The van der Waals surface area contributed by atoms with Crippen LogP contribution >= 0.6 is 19.2 Å². The van der Waals surface area contributed by atoms with Crippen LogP contribution in [0.3, 0.4) is 0 Å². The van der Waals surface area contributed by atoms with Crippen LogP contribution in [0.1, 0.15) is 27.7 Å². The van der Waals surface area contributed by atoms with Gasteiger partial charge in [-0.1, -0.05) is 11.6 Å². The third kappa shape index (κ3) is 7.06. The Balaban J connectivity index is 4.77. The summed E-state index contributed by atoms with van der Waals surface area (Å²) in [5.41, 5.74) is 0. The molecule has 7 heteroatoms. The van der Waals surface area contributed by atoms with Gasteiger partial charge < -0.3 is 19.5 Å². The molecule has 0 saturated carbocycles. The molecule has 0 atom stereocenters. The maximum Gasteiger partial charge on any atom is 0.374 e. The summed E-state index contributed by atoms with van der Waals surface area (Å²) in [5, 5.41) is 11.3. The molecule has 102 valence electrons. The molecule has 0 fully saturated rings. The lowest BCUT2D eigenvalue weighted by atomic mass is 10.5. The van der Waals surface area contributed by atoms with E-state index in [1.54, 1.807) is 27.7 Å². The number of hydrogen-bond donors (Lipinski definition) is 2. The summed E-state index contributed by atoms with van der Waals surface area (Å²) in [4.78, 5) is 0. The van der Waals surface area contributed by atoms with E-state index in [0.29, 0.717) is 6.54 Å². The third-order valence-electron chi connectivity index (χ3n) is 1.44. The summed E-state index contributed by atoms with van der Waals surface area (Å²) in [7, 11) is -3.48. The van der Waals surface area contributed by atoms with Crippen molar-refractivity contribution in [3.05, 3.63) is 11.0 Å². The Bertz CT molecular complexity index is 280. The maximum absolute atomic E-state index is 12.4. The van der Waals surface area contributed by atoms with Crippen LogP contribution < -0.4 is 5.32 Å². The Morgan fingerprint density at radius 2 is 1.82 bits per heavy atom. The molecule has 0 bridgehead atoms. The lowest BCUT2D eigenvalue weighted by Crippen LogP contribution is -2.13. The van der Waals surface area contributed by atoms with E-state index in [1.165, 1.54) is 6.20 Å². The molecule has 0 aliphatic carbocycles. The molecule has 5 nitrogen and oxygen atoms in total. The van der Waals surface area contributed by atoms with E-state index >= 15 is 0 Å². The summed E-state index contributed by atoms with van der Waals surface area (Å²) < 4.78 is 22.9. The zero-order valence-electron chi connectivity index (χ0n) is 10.6. The van der Waals surface area contributed by atoms with Gasteiger partial charge in [-0.05, 0) is 27.7 Å². The van der Waals surface area contributed by atoms with Gasteiger partial charge in [0.2, 0.25) is 0 Å². The van der Waals surface area contributed by atoms with Crippen LogP contribution in [0.2, 0.25) is 0 Å². The summed E-state index contributed by atoms with van der Waals surface area (Å²) in [6.45, 7) is 7.28. The third-order valence-corrected chi connectivity index (χ3v) is 4.22. The minimum Gasteiger partial charge on any atom is -0.395 e. The predicted octanol–water partition coefficient (Wildman–Crippen LogP) is 2.65. The first-order valence-corrected chi connectivity index (χ1v) is 7.41. The van der Waals surface area contributed by atoms with Gasteiger partial charge in [0.1, 0.15) is 4.77 Å². The van der Waals surface area contributed by atoms with E-state index in [-0.39, 0.29) is 23.6 Å². The predicted molar refractivity (Wildman–Crippen MR) is 69.1 cm³/mol. The molecule has 0 aromatic carbocycles. The smallest absolute Gasteiger partial charge is 0.374 e. The molecule has 0 spiro atoms. The molecule has 0 unspecified atom stereocenters. The normalized spacial score (nSPS) is 13.5. The molecule has 0 aromatic rings. The van der Waals surface area contributed by atoms with Crippen LogP contribution in [0.25, 0.3) is 0 Å². The van der Waals surface area contributed by atoms with E-state index < -0.39 is 7.60 Å². The van der Waals surface area contributed by atoms with Gasteiger partial charge in [-0.15, -0.1) is 0 Å². The first-order valence-electron chi connectivity index (χ1n) is 5.49. The number of aliphatic hydroxyl groups excluding tert-OH is 1. The quantitative estimate of drug-likeness (QED) is 0.530. The molecular formula is C10H21ClNO4P. The van der Waals surface area contributed by atoms with Gasteiger partial charge in [0.15, 0.2) is 0 Å². The van der Waals surface area contributed by atoms with Crippen molar-refractivity contribution in [1.82, 2.24) is 5.32 Å². The molecular weight excluding hydrogens is 265 g/mol. The lowest BCUT2D eigenvalue weighted by Gasteiger charge is -2.22. The first-order chi connectivity index (χ1) is 7.81. The summed E-state index contributed by atoms with van der Waals surface area (Å²) in [6, 6.07) is 0. The molecule has 0 aliphatic heterocycles. The van der Waals surface area contributed by atoms with E-state index in [9.17, 15) is 4.57 Å². The number of aliphatic hydroxyl groups is 1. The second kappa shape index (κ2) is 8.11. The molecule has 0 heterocycles. The zero-order chi connectivity index (χ0) is 13.5. The molecule has 0 aliphatic rings. The Morgan fingerprint density at radius 3 is 2.18 bits per heavy atom. The zero-order valence-corrected chi connectivity index (χ0v) is 12.3. The average Bonchev–Trinajstić information content (AvgIpc) is 2.15. The van der Waals surface area contributed by atoms with Gasteiger partial charge in [-0.3, -0.25) is 4.57 Å². The van der Waals surface area contributed by atoms with Crippen molar-refractivity contribution in [3.8, 4) is 0 Å². The summed E-state index contributed by atoms with van der Waals surface area (Å²) in [6.07, 6.45) is 0.808. The van der Waals surface area contributed by atoms with Crippen molar-refractivity contribution in [2.45, 2.75) is 39.9 Å². The fourth-order valence-corrected chi connectivity index (χ4v) is 2.91. The first kappa shape index (κ1) is 16.9. The maximum atomic E-state index is 12.4. The highest BCUT2D eigenvalue weighted by atomic mass is 35.5. The van der Waals surface area contributed by atoms with Crippen LogP contribution in [-0.4, -0.2) is 30.5 Å². The fraction of sp³-hybridized carbons (Fsp3) is 0.800. The fourth-order valence-electron chi connectivity index (χ4n) is 0.981. The highest BCUT2D eigenvalue weighted by molar-refractivity contribution is 7.61. The monoisotopic (exact) mass is 285 g/mol. The SMILES string of the molecule is CC(C)OP(=O)(OC(C)C)/C(Cl)=C\NCCO. The van der Waals surface area contributed by atoms with Crippen LogP contribution in [0.4, 0.5) is 0 Å².